The van der Waals surface area contributed by atoms with E-state index < -0.39 is 0 Å². The van der Waals surface area contributed by atoms with E-state index in [0.717, 1.165) is 37.2 Å². The van der Waals surface area contributed by atoms with Crippen molar-refractivity contribution in [1.82, 2.24) is 5.32 Å². The summed E-state index contributed by atoms with van der Waals surface area (Å²) in [5.74, 6) is 0.702. The Hall–Kier alpha value is -1.55. The SMILES string of the molecule is CCCCOCc1cc(C(=O)N[C@H](C)CC)ccc1OC. The topological polar surface area (TPSA) is 47.6 Å². The van der Waals surface area contributed by atoms with Gasteiger partial charge in [-0.3, -0.25) is 4.79 Å². The molecule has 0 aliphatic carbocycles. The van der Waals surface area contributed by atoms with Crippen LogP contribution in [0.4, 0.5) is 0 Å². The van der Waals surface area contributed by atoms with Gasteiger partial charge in [-0.15, -0.1) is 0 Å². The van der Waals surface area contributed by atoms with E-state index in [4.69, 9.17) is 9.47 Å². The van der Waals surface area contributed by atoms with Crippen molar-refractivity contribution in [3.05, 3.63) is 29.3 Å². The van der Waals surface area contributed by atoms with Crippen LogP contribution in [0, 0.1) is 0 Å². The van der Waals surface area contributed by atoms with E-state index in [2.05, 4.69) is 12.2 Å². The third kappa shape index (κ3) is 5.76. The van der Waals surface area contributed by atoms with Crippen LogP contribution in [0.3, 0.4) is 0 Å². The van der Waals surface area contributed by atoms with Gasteiger partial charge in [0.2, 0.25) is 0 Å². The van der Waals surface area contributed by atoms with Crippen LogP contribution in [-0.4, -0.2) is 25.7 Å². The number of benzene rings is 1. The van der Waals surface area contributed by atoms with E-state index in [-0.39, 0.29) is 11.9 Å². The minimum absolute atomic E-state index is 0.0539. The van der Waals surface area contributed by atoms with Gasteiger partial charge in [-0.25, -0.2) is 0 Å². The van der Waals surface area contributed by atoms with Crippen LogP contribution in [0.2, 0.25) is 0 Å². The fourth-order valence-corrected chi connectivity index (χ4v) is 1.87. The molecule has 0 aliphatic heterocycles. The number of hydrogen-bond donors (Lipinski definition) is 1. The Bertz CT molecular complexity index is 446. The van der Waals surface area contributed by atoms with Crippen LogP contribution in [0.15, 0.2) is 18.2 Å². The average molecular weight is 293 g/mol. The third-order valence-corrected chi connectivity index (χ3v) is 3.43. The van der Waals surface area contributed by atoms with Crippen LogP contribution >= 0.6 is 0 Å². The molecule has 0 aliphatic rings. The minimum atomic E-state index is -0.0539. The maximum Gasteiger partial charge on any atom is 0.251 e. The highest BCUT2D eigenvalue weighted by Crippen LogP contribution is 2.21. The number of methoxy groups -OCH3 is 1. The fourth-order valence-electron chi connectivity index (χ4n) is 1.87. The van der Waals surface area contributed by atoms with Crippen molar-refractivity contribution in [1.29, 1.82) is 0 Å². The molecule has 0 radical (unpaired) electrons. The molecule has 1 aromatic carbocycles. The zero-order valence-corrected chi connectivity index (χ0v) is 13.6. The van der Waals surface area contributed by atoms with Crippen molar-refractivity contribution in [3.8, 4) is 5.75 Å². The first kappa shape index (κ1) is 17.5. The number of nitrogens with one attached hydrogen (secondary N) is 1. The van der Waals surface area contributed by atoms with Gasteiger partial charge in [-0.05, 0) is 38.0 Å². The summed E-state index contributed by atoms with van der Waals surface area (Å²) in [7, 11) is 1.63. The number of rotatable bonds is 9. The van der Waals surface area contributed by atoms with Gasteiger partial charge < -0.3 is 14.8 Å². The molecule has 0 saturated carbocycles. The van der Waals surface area contributed by atoms with Crippen molar-refractivity contribution in [3.63, 3.8) is 0 Å². The molecule has 0 fully saturated rings. The largest absolute Gasteiger partial charge is 0.496 e. The molecule has 0 spiro atoms. The molecule has 1 amide bonds. The lowest BCUT2D eigenvalue weighted by atomic mass is 10.1. The number of carbonyl (C=O) groups is 1. The molecule has 0 aromatic heterocycles. The summed E-state index contributed by atoms with van der Waals surface area (Å²) in [6, 6.07) is 5.63. The van der Waals surface area contributed by atoms with Gasteiger partial charge in [0.15, 0.2) is 0 Å². The van der Waals surface area contributed by atoms with E-state index in [1.165, 1.54) is 0 Å². The first-order valence-electron chi connectivity index (χ1n) is 7.67. The second-order valence-electron chi connectivity index (χ2n) is 5.22. The van der Waals surface area contributed by atoms with Crippen molar-refractivity contribution in [2.24, 2.45) is 0 Å². The van der Waals surface area contributed by atoms with Gasteiger partial charge in [0.05, 0.1) is 13.7 Å². The Kier molecular flexibility index (Phi) is 7.83. The molecule has 0 unspecified atom stereocenters. The molecular weight excluding hydrogens is 266 g/mol. The Morgan fingerprint density at radius 2 is 2.10 bits per heavy atom. The third-order valence-electron chi connectivity index (χ3n) is 3.43. The van der Waals surface area contributed by atoms with E-state index in [0.29, 0.717) is 12.2 Å². The Balaban J connectivity index is 2.76. The fraction of sp³-hybridized carbons (Fsp3) is 0.588. The quantitative estimate of drug-likeness (QED) is 0.708. The van der Waals surface area contributed by atoms with Crippen LogP contribution in [0.1, 0.15) is 56.0 Å². The van der Waals surface area contributed by atoms with Crippen molar-refractivity contribution in [2.45, 2.75) is 52.7 Å². The van der Waals surface area contributed by atoms with E-state index in [9.17, 15) is 4.79 Å². The summed E-state index contributed by atoms with van der Waals surface area (Å²) in [6.07, 6.45) is 3.06. The summed E-state index contributed by atoms with van der Waals surface area (Å²) in [5, 5.41) is 2.97. The summed E-state index contributed by atoms with van der Waals surface area (Å²) in [5.41, 5.74) is 1.55. The predicted octanol–water partition coefficient (Wildman–Crippen LogP) is 3.54. The molecule has 4 heteroatoms. The molecule has 1 rings (SSSR count). The molecule has 0 saturated heterocycles. The second-order valence-corrected chi connectivity index (χ2v) is 5.22. The maximum atomic E-state index is 12.1. The molecule has 1 aromatic rings. The zero-order chi connectivity index (χ0) is 15.7. The molecule has 1 atom stereocenters. The number of unbranched alkanes of at least 4 members (excludes halogenated alkanes) is 1. The van der Waals surface area contributed by atoms with Crippen LogP contribution in [0.25, 0.3) is 0 Å². The van der Waals surface area contributed by atoms with E-state index in [1.807, 2.05) is 26.0 Å². The van der Waals surface area contributed by atoms with Crippen LogP contribution < -0.4 is 10.1 Å². The molecular formula is C17H27NO3. The standard InChI is InChI=1S/C17H27NO3/c1-5-7-10-21-12-15-11-14(8-9-16(15)20-4)17(19)18-13(3)6-2/h8-9,11,13H,5-7,10,12H2,1-4H3,(H,18,19)/t13-/m1/s1. The lowest BCUT2D eigenvalue weighted by molar-refractivity contribution is 0.0938. The number of carbonyl (C=O) groups excluding carboxylic acids is 1. The lowest BCUT2D eigenvalue weighted by Crippen LogP contribution is -2.31. The number of ether oxygens (including phenoxy) is 2. The summed E-state index contributed by atoms with van der Waals surface area (Å²) < 4.78 is 11.0. The van der Waals surface area contributed by atoms with Gasteiger partial charge in [-0.2, -0.15) is 0 Å². The average Bonchev–Trinajstić information content (AvgIpc) is 2.51. The Morgan fingerprint density at radius 3 is 2.71 bits per heavy atom. The molecule has 21 heavy (non-hydrogen) atoms. The highest BCUT2D eigenvalue weighted by molar-refractivity contribution is 5.94. The molecule has 4 nitrogen and oxygen atoms in total. The van der Waals surface area contributed by atoms with Crippen LogP contribution in [0.5, 0.6) is 5.75 Å². The first-order valence-corrected chi connectivity index (χ1v) is 7.67. The predicted molar refractivity (Wildman–Crippen MR) is 84.8 cm³/mol. The highest BCUT2D eigenvalue weighted by atomic mass is 16.5. The van der Waals surface area contributed by atoms with E-state index >= 15 is 0 Å². The summed E-state index contributed by atoms with van der Waals surface area (Å²) in [4.78, 5) is 12.1. The van der Waals surface area contributed by atoms with Gasteiger partial charge in [0.25, 0.3) is 5.91 Å². The van der Waals surface area contributed by atoms with Crippen LogP contribution in [-0.2, 0) is 11.3 Å². The number of hydrogen-bond acceptors (Lipinski definition) is 3. The molecule has 118 valence electrons. The minimum Gasteiger partial charge on any atom is -0.496 e. The summed E-state index contributed by atoms with van der Waals surface area (Å²) >= 11 is 0. The van der Waals surface area contributed by atoms with E-state index in [1.54, 1.807) is 13.2 Å². The van der Waals surface area contributed by atoms with Gasteiger partial charge in [-0.1, -0.05) is 20.3 Å². The zero-order valence-electron chi connectivity index (χ0n) is 13.6. The molecule has 0 bridgehead atoms. The van der Waals surface area contributed by atoms with Crippen molar-refractivity contribution < 1.29 is 14.3 Å². The monoisotopic (exact) mass is 293 g/mol. The van der Waals surface area contributed by atoms with Gasteiger partial charge in [0, 0.05) is 23.8 Å². The summed E-state index contributed by atoms with van der Waals surface area (Å²) in [6.45, 7) is 7.36. The first-order chi connectivity index (χ1) is 10.1. The normalized spacial score (nSPS) is 12.0. The molecule has 1 N–H and O–H groups in total. The Labute approximate surface area is 127 Å². The smallest absolute Gasteiger partial charge is 0.251 e. The Morgan fingerprint density at radius 1 is 1.33 bits per heavy atom. The van der Waals surface area contributed by atoms with Crippen molar-refractivity contribution in [2.75, 3.05) is 13.7 Å². The second kappa shape index (κ2) is 9.40. The van der Waals surface area contributed by atoms with Gasteiger partial charge >= 0.3 is 0 Å². The molecule has 0 heterocycles. The highest BCUT2D eigenvalue weighted by Gasteiger charge is 2.12. The number of amides is 1. The maximum absolute atomic E-state index is 12.1. The lowest BCUT2D eigenvalue weighted by Gasteiger charge is -2.14. The van der Waals surface area contributed by atoms with Gasteiger partial charge in [0.1, 0.15) is 5.75 Å². The van der Waals surface area contributed by atoms with Crippen molar-refractivity contribution >= 4 is 5.91 Å².